The molecular weight excluding hydrogens is 343 g/mol. The molecular formula is C16H20Cl2O5. The van der Waals surface area contributed by atoms with Gasteiger partial charge in [0.1, 0.15) is 0 Å². The monoisotopic (exact) mass is 362 g/mol. The Morgan fingerprint density at radius 3 is 1.09 bits per heavy atom. The minimum absolute atomic E-state index is 0.195. The van der Waals surface area contributed by atoms with Gasteiger partial charge in [0.15, 0.2) is 0 Å². The molecule has 0 aliphatic heterocycles. The van der Waals surface area contributed by atoms with Crippen molar-refractivity contribution in [2.75, 3.05) is 0 Å². The van der Waals surface area contributed by atoms with E-state index in [-0.39, 0.29) is 34.2 Å². The topological polar surface area (TPSA) is 77.5 Å². The molecule has 0 radical (unpaired) electrons. The SMILES string of the molecule is O=C(Cl)C1CCC(C(=O)OC(=O)C2CCC(C(=O)Cl)CC2)CC1. The molecule has 0 bridgehead atoms. The summed E-state index contributed by atoms with van der Waals surface area (Å²) in [6.45, 7) is 0. The van der Waals surface area contributed by atoms with E-state index in [0.717, 1.165) is 0 Å². The molecule has 0 spiro atoms. The van der Waals surface area contributed by atoms with E-state index in [0.29, 0.717) is 51.4 Å². The summed E-state index contributed by atoms with van der Waals surface area (Å²) in [6.07, 6.45) is 4.29. The Hall–Kier alpha value is -0.940. The van der Waals surface area contributed by atoms with Crippen molar-refractivity contribution in [3.8, 4) is 0 Å². The van der Waals surface area contributed by atoms with Gasteiger partial charge in [-0.25, -0.2) is 0 Å². The molecule has 0 heterocycles. The molecule has 2 aliphatic carbocycles. The van der Waals surface area contributed by atoms with Gasteiger partial charge in [-0.15, -0.1) is 0 Å². The maximum atomic E-state index is 12.1. The van der Waals surface area contributed by atoms with Gasteiger partial charge in [-0.05, 0) is 74.6 Å². The van der Waals surface area contributed by atoms with Crippen LogP contribution >= 0.6 is 23.2 Å². The van der Waals surface area contributed by atoms with Crippen molar-refractivity contribution in [2.24, 2.45) is 23.7 Å². The summed E-state index contributed by atoms with van der Waals surface area (Å²) in [5.74, 6) is -2.09. The van der Waals surface area contributed by atoms with E-state index in [9.17, 15) is 19.2 Å². The highest BCUT2D eigenvalue weighted by Gasteiger charge is 2.34. The van der Waals surface area contributed by atoms with Gasteiger partial charge >= 0.3 is 11.9 Å². The van der Waals surface area contributed by atoms with Gasteiger partial charge in [-0.2, -0.15) is 0 Å². The first-order valence-electron chi connectivity index (χ1n) is 8.02. The first-order valence-corrected chi connectivity index (χ1v) is 8.78. The van der Waals surface area contributed by atoms with Crippen LogP contribution in [0.3, 0.4) is 0 Å². The van der Waals surface area contributed by atoms with Crippen LogP contribution < -0.4 is 0 Å². The van der Waals surface area contributed by atoms with E-state index in [1.54, 1.807) is 0 Å². The number of esters is 2. The number of halogens is 2. The van der Waals surface area contributed by atoms with E-state index in [2.05, 4.69) is 0 Å². The highest BCUT2D eigenvalue weighted by Crippen LogP contribution is 2.33. The van der Waals surface area contributed by atoms with Crippen molar-refractivity contribution in [3.63, 3.8) is 0 Å². The van der Waals surface area contributed by atoms with Crippen molar-refractivity contribution in [3.05, 3.63) is 0 Å². The largest absolute Gasteiger partial charge is 0.393 e. The number of carbonyl (C=O) groups is 4. The summed E-state index contributed by atoms with van der Waals surface area (Å²) in [7, 11) is 0. The van der Waals surface area contributed by atoms with Crippen LogP contribution in [0.15, 0.2) is 0 Å². The predicted octanol–water partition coefficient (Wildman–Crippen LogP) is 3.20. The summed E-state index contributed by atoms with van der Waals surface area (Å²) < 4.78 is 5.01. The van der Waals surface area contributed by atoms with Crippen LogP contribution in [0.5, 0.6) is 0 Å². The third-order valence-corrected chi connectivity index (χ3v) is 5.58. The minimum Gasteiger partial charge on any atom is -0.393 e. The van der Waals surface area contributed by atoms with Gasteiger partial charge in [0.05, 0.1) is 11.8 Å². The zero-order chi connectivity index (χ0) is 17.0. The maximum Gasteiger partial charge on any atom is 0.316 e. The number of ether oxygens (including phenoxy) is 1. The van der Waals surface area contributed by atoms with Crippen molar-refractivity contribution in [2.45, 2.75) is 51.4 Å². The average molecular weight is 363 g/mol. The first kappa shape index (κ1) is 18.4. The fourth-order valence-electron chi connectivity index (χ4n) is 3.38. The van der Waals surface area contributed by atoms with Gasteiger partial charge in [-0.1, -0.05) is 0 Å². The van der Waals surface area contributed by atoms with Gasteiger partial charge < -0.3 is 4.74 Å². The van der Waals surface area contributed by atoms with Crippen LogP contribution in [-0.2, 0) is 23.9 Å². The lowest BCUT2D eigenvalue weighted by atomic mass is 9.82. The Labute approximate surface area is 145 Å². The molecule has 2 rings (SSSR count). The van der Waals surface area contributed by atoms with Gasteiger partial charge in [0, 0.05) is 11.8 Å². The number of hydrogen-bond acceptors (Lipinski definition) is 5. The molecule has 0 aromatic rings. The summed E-state index contributed by atoms with van der Waals surface area (Å²) in [4.78, 5) is 46.3. The molecule has 0 unspecified atom stereocenters. The van der Waals surface area contributed by atoms with Crippen LogP contribution in [0.1, 0.15) is 51.4 Å². The molecule has 5 nitrogen and oxygen atoms in total. The highest BCUT2D eigenvalue weighted by atomic mass is 35.5. The third kappa shape index (κ3) is 5.01. The van der Waals surface area contributed by atoms with Crippen molar-refractivity contribution in [1.82, 2.24) is 0 Å². The quantitative estimate of drug-likeness (QED) is 0.435. The Kier molecular flexibility index (Phi) is 6.60. The molecule has 23 heavy (non-hydrogen) atoms. The third-order valence-electron chi connectivity index (χ3n) is 4.96. The Bertz CT molecular complexity index is 445. The molecule has 0 atom stereocenters. The Morgan fingerprint density at radius 1 is 0.565 bits per heavy atom. The second kappa shape index (κ2) is 8.25. The van der Waals surface area contributed by atoms with Crippen LogP contribution in [0.25, 0.3) is 0 Å². The van der Waals surface area contributed by atoms with Crippen molar-refractivity contribution < 1.29 is 23.9 Å². The lowest BCUT2D eigenvalue weighted by molar-refractivity contribution is -0.167. The fraction of sp³-hybridized carbons (Fsp3) is 0.750. The second-order valence-corrected chi connectivity index (χ2v) is 7.19. The Balaban J connectivity index is 1.76. The standard InChI is InChI=1S/C16H20Cl2O5/c17-13(19)9-1-5-11(6-2-9)15(21)23-16(22)12-7-3-10(4-8-12)14(18)20/h9-12H,1-8H2. The zero-order valence-electron chi connectivity index (χ0n) is 12.8. The Morgan fingerprint density at radius 2 is 0.826 bits per heavy atom. The first-order chi connectivity index (χ1) is 10.9. The number of carbonyl (C=O) groups excluding carboxylic acids is 4. The van der Waals surface area contributed by atoms with E-state index in [4.69, 9.17) is 27.9 Å². The lowest BCUT2D eigenvalue weighted by Crippen LogP contribution is -2.31. The average Bonchev–Trinajstić information content (AvgIpc) is 2.54. The molecule has 2 saturated carbocycles. The molecule has 128 valence electrons. The molecule has 2 fully saturated rings. The molecule has 0 aromatic carbocycles. The second-order valence-electron chi connectivity index (χ2n) is 6.45. The molecule has 0 N–H and O–H groups in total. The molecule has 0 aromatic heterocycles. The van der Waals surface area contributed by atoms with E-state index in [1.807, 2.05) is 0 Å². The van der Waals surface area contributed by atoms with Crippen LogP contribution in [-0.4, -0.2) is 22.4 Å². The normalized spacial score (nSPS) is 31.2. The minimum atomic E-state index is -0.508. The number of rotatable bonds is 4. The van der Waals surface area contributed by atoms with E-state index >= 15 is 0 Å². The highest BCUT2D eigenvalue weighted by molar-refractivity contribution is 6.64. The van der Waals surface area contributed by atoms with Crippen LogP contribution in [0.2, 0.25) is 0 Å². The van der Waals surface area contributed by atoms with Gasteiger partial charge in [0.2, 0.25) is 10.5 Å². The van der Waals surface area contributed by atoms with Crippen LogP contribution in [0, 0.1) is 23.7 Å². The molecule has 0 amide bonds. The van der Waals surface area contributed by atoms with Crippen molar-refractivity contribution >= 4 is 45.6 Å². The molecule has 0 saturated heterocycles. The summed E-state index contributed by atoms with van der Waals surface area (Å²) in [6, 6.07) is 0. The smallest absolute Gasteiger partial charge is 0.316 e. The van der Waals surface area contributed by atoms with Crippen molar-refractivity contribution in [1.29, 1.82) is 0 Å². The van der Waals surface area contributed by atoms with Crippen LogP contribution in [0.4, 0.5) is 0 Å². The van der Waals surface area contributed by atoms with E-state index in [1.165, 1.54) is 0 Å². The zero-order valence-corrected chi connectivity index (χ0v) is 14.3. The van der Waals surface area contributed by atoms with Gasteiger partial charge in [-0.3, -0.25) is 19.2 Å². The summed E-state index contributed by atoms with van der Waals surface area (Å²) in [5, 5.41) is -0.725. The molecule has 2 aliphatic rings. The molecule has 7 heteroatoms. The lowest BCUT2D eigenvalue weighted by Gasteiger charge is -2.27. The summed E-state index contributed by atoms with van der Waals surface area (Å²) >= 11 is 10.9. The summed E-state index contributed by atoms with van der Waals surface area (Å²) in [5.41, 5.74) is 0. The maximum absolute atomic E-state index is 12.1. The van der Waals surface area contributed by atoms with E-state index < -0.39 is 11.9 Å². The van der Waals surface area contributed by atoms with Gasteiger partial charge in [0.25, 0.3) is 0 Å². The fourth-order valence-corrected chi connectivity index (χ4v) is 3.81. The predicted molar refractivity (Wildman–Crippen MR) is 83.7 cm³/mol. The number of hydrogen-bond donors (Lipinski definition) is 0.